The van der Waals surface area contributed by atoms with Gasteiger partial charge in [0, 0.05) is 6.04 Å². The number of benzene rings is 1. The van der Waals surface area contributed by atoms with Crippen molar-refractivity contribution in [1.29, 1.82) is 0 Å². The van der Waals surface area contributed by atoms with Crippen LogP contribution in [0.3, 0.4) is 0 Å². The van der Waals surface area contributed by atoms with Crippen LogP contribution in [0.15, 0.2) is 30.3 Å². The molecule has 0 aliphatic heterocycles. The first-order valence-electron chi connectivity index (χ1n) is 7.32. The van der Waals surface area contributed by atoms with Crippen molar-refractivity contribution < 1.29 is 19.8 Å². The summed E-state index contributed by atoms with van der Waals surface area (Å²) in [6.07, 6.45) is -0.826. The molecular weight excluding hydrogens is 320 g/mol. The van der Waals surface area contributed by atoms with Crippen molar-refractivity contribution in [2.75, 3.05) is 0 Å². The van der Waals surface area contributed by atoms with Gasteiger partial charge in [-0.25, -0.2) is 4.79 Å². The molecule has 0 heterocycles. The Kier molecular flexibility index (Phi) is 9.48. The Morgan fingerprint density at radius 1 is 1.22 bits per heavy atom. The number of amides is 1. The van der Waals surface area contributed by atoms with Crippen molar-refractivity contribution in [3.8, 4) is 0 Å². The minimum atomic E-state index is -1.45. The lowest BCUT2D eigenvalue weighted by molar-refractivity contribution is -0.144. The molecule has 3 atom stereocenters. The van der Waals surface area contributed by atoms with E-state index in [1.54, 1.807) is 0 Å². The Hall–Kier alpha value is -1.63. The maximum Gasteiger partial charge on any atom is 0.326 e. The molecule has 7 heteroatoms. The fraction of sp³-hybridized carbons (Fsp3) is 0.500. The molecular formula is C16H25ClN2O4. The van der Waals surface area contributed by atoms with Crippen molar-refractivity contribution in [1.82, 2.24) is 5.32 Å². The van der Waals surface area contributed by atoms with Crippen molar-refractivity contribution in [2.45, 2.75) is 44.9 Å². The van der Waals surface area contributed by atoms with Crippen LogP contribution in [-0.2, 0) is 16.0 Å². The predicted octanol–water partition coefficient (Wildman–Crippen LogP) is 0.955. The number of rotatable bonds is 8. The van der Waals surface area contributed by atoms with Crippen LogP contribution in [0.2, 0.25) is 0 Å². The summed E-state index contributed by atoms with van der Waals surface area (Å²) in [5.74, 6) is -1.76. The van der Waals surface area contributed by atoms with E-state index in [9.17, 15) is 14.7 Å². The summed E-state index contributed by atoms with van der Waals surface area (Å²) in [6, 6.07) is 7.44. The Bertz CT molecular complexity index is 496. The lowest BCUT2D eigenvalue weighted by Crippen LogP contribution is -2.52. The molecule has 0 bridgehead atoms. The lowest BCUT2D eigenvalue weighted by Gasteiger charge is -2.22. The number of carboxylic acids is 1. The number of carbonyl (C=O) groups is 2. The van der Waals surface area contributed by atoms with E-state index in [0.717, 1.165) is 5.56 Å². The monoisotopic (exact) mass is 344 g/mol. The van der Waals surface area contributed by atoms with Crippen LogP contribution in [-0.4, -0.2) is 40.3 Å². The van der Waals surface area contributed by atoms with E-state index in [0.29, 0.717) is 12.8 Å². The van der Waals surface area contributed by atoms with Gasteiger partial charge in [-0.1, -0.05) is 44.2 Å². The number of carboxylic acid groups (broad SMARTS) is 1. The highest BCUT2D eigenvalue weighted by Gasteiger charge is 2.28. The number of hydrogen-bond acceptors (Lipinski definition) is 4. The summed E-state index contributed by atoms with van der Waals surface area (Å²) in [7, 11) is 0. The number of hydrogen-bond donors (Lipinski definition) is 4. The zero-order valence-corrected chi connectivity index (χ0v) is 14.1. The second-order valence-electron chi connectivity index (χ2n) is 5.83. The molecule has 0 aromatic heterocycles. The molecule has 1 aromatic rings. The van der Waals surface area contributed by atoms with E-state index >= 15 is 0 Å². The smallest absolute Gasteiger partial charge is 0.326 e. The summed E-state index contributed by atoms with van der Waals surface area (Å²) in [6.45, 7) is 3.72. The van der Waals surface area contributed by atoms with Gasteiger partial charge in [0.2, 0.25) is 0 Å². The van der Waals surface area contributed by atoms with Crippen LogP contribution in [0, 0.1) is 5.92 Å². The largest absolute Gasteiger partial charge is 0.480 e. The first-order valence-corrected chi connectivity index (χ1v) is 7.32. The van der Waals surface area contributed by atoms with Crippen LogP contribution in [0.1, 0.15) is 25.8 Å². The molecule has 1 aromatic carbocycles. The van der Waals surface area contributed by atoms with Gasteiger partial charge < -0.3 is 21.3 Å². The zero-order chi connectivity index (χ0) is 16.7. The average molecular weight is 345 g/mol. The minimum Gasteiger partial charge on any atom is -0.480 e. The Morgan fingerprint density at radius 2 is 1.78 bits per heavy atom. The van der Waals surface area contributed by atoms with Crippen molar-refractivity contribution >= 4 is 24.3 Å². The van der Waals surface area contributed by atoms with Gasteiger partial charge >= 0.3 is 5.97 Å². The van der Waals surface area contributed by atoms with Crippen LogP contribution >= 0.6 is 12.4 Å². The highest BCUT2D eigenvalue weighted by atomic mass is 35.5. The van der Waals surface area contributed by atoms with Crippen LogP contribution in [0.5, 0.6) is 0 Å². The fourth-order valence-electron chi connectivity index (χ4n) is 2.14. The number of halogens is 1. The highest BCUT2D eigenvalue weighted by Crippen LogP contribution is 2.08. The molecule has 130 valence electrons. The zero-order valence-electron chi connectivity index (χ0n) is 13.3. The molecule has 0 unspecified atom stereocenters. The molecule has 0 aliphatic rings. The van der Waals surface area contributed by atoms with Gasteiger partial charge in [0.05, 0.1) is 0 Å². The SMILES string of the molecule is CC(C)C[C@@H](NC(=O)[C@@H](O)[C@H](N)Cc1ccccc1)C(=O)O.Cl. The summed E-state index contributed by atoms with van der Waals surface area (Å²) in [4.78, 5) is 23.1. The van der Waals surface area contributed by atoms with Crippen LogP contribution < -0.4 is 11.1 Å². The summed E-state index contributed by atoms with van der Waals surface area (Å²) < 4.78 is 0. The Labute approximate surface area is 142 Å². The molecule has 6 nitrogen and oxygen atoms in total. The van der Waals surface area contributed by atoms with E-state index in [1.807, 2.05) is 44.2 Å². The standard InChI is InChI=1S/C16H24N2O4.ClH/c1-10(2)8-13(16(21)22)18-15(20)14(19)12(17)9-11-6-4-3-5-7-11;/h3-7,10,12-14,19H,8-9,17H2,1-2H3,(H,18,20)(H,21,22);1H/t12-,13-,14+;/m1./s1. The number of aliphatic carboxylic acids is 1. The molecule has 0 aliphatic carbocycles. The highest BCUT2D eigenvalue weighted by molar-refractivity contribution is 5.86. The van der Waals surface area contributed by atoms with Gasteiger partial charge in [0.25, 0.3) is 5.91 Å². The van der Waals surface area contributed by atoms with E-state index < -0.39 is 30.1 Å². The lowest BCUT2D eigenvalue weighted by atomic mass is 10.00. The molecule has 0 radical (unpaired) electrons. The number of nitrogens with two attached hydrogens (primary N) is 1. The topological polar surface area (TPSA) is 113 Å². The normalized spacial score (nSPS) is 14.5. The van der Waals surface area contributed by atoms with Crippen LogP contribution in [0.25, 0.3) is 0 Å². The second-order valence-corrected chi connectivity index (χ2v) is 5.83. The summed E-state index contributed by atoms with van der Waals surface area (Å²) >= 11 is 0. The average Bonchev–Trinajstić information content (AvgIpc) is 2.46. The maximum absolute atomic E-state index is 12.0. The number of aliphatic hydroxyl groups excluding tert-OH is 1. The quantitative estimate of drug-likeness (QED) is 0.561. The summed E-state index contributed by atoms with van der Waals surface area (Å²) in [5, 5.41) is 21.4. The van der Waals surface area contributed by atoms with E-state index in [4.69, 9.17) is 10.8 Å². The molecule has 0 saturated heterocycles. The van der Waals surface area contributed by atoms with Crippen molar-refractivity contribution in [3.63, 3.8) is 0 Å². The molecule has 23 heavy (non-hydrogen) atoms. The molecule has 5 N–H and O–H groups in total. The third-order valence-electron chi connectivity index (χ3n) is 3.31. The van der Waals surface area contributed by atoms with Crippen molar-refractivity contribution in [3.05, 3.63) is 35.9 Å². The Morgan fingerprint density at radius 3 is 2.26 bits per heavy atom. The maximum atomic E-state index is 12.0. The molecule has 1 rings (SSSR count). The summed E-state index contributed by atoms with van der Waals surface area (Å²) in [5.41, 5.74) is 6.75. The third kappa shape index (κ3) is 7.45. The molecule has 0 saturated carbocycles. The molecule has 1 amide bonds. The van der Waals surface area contributed by atoms with Crippen LogP contribution in [0.4, 0.5) is 0 Å². The molecule has 0 spiro atoms. The van der Waals surface area contributed by atoms with E-state index in [2.05, 4.69) is 5.32 Å². The minimum absolute atomic E-state index is 0. The third-order valence-corrected chi connectivity index (χ3v) is 3.31. The van der Waals surface area contributed by atoms with Gasteiger partial charge in [-0.2, -0.15) is 0 Å². The van der Waals surface area contributed by atoms with Gasteiger partial charge in [-0.3, -0.25) is 4.79 Å². The fourth-order valence-corrected chi connectivity index (χ4v) is 2.14. The van der Waals surface area contributed by atoms with Gasteiger partial charge in [0.15, 0.2) is 0 Å². The predicted molar refractivity (Wildman–Crippen MR) is 90.4 cm³/mol. The first-order chi connectivity index (χ1) is 10.3. The van der Waals surface area contributed by atoms with Gasteiger partial charge in [0.1, 0.15) is 12.1 Å². The number of carbonyl (C=O) groups excluding carboxylic acids is 1. The van der Waals surface area contributed by atoms with E-state index in [1.165, 1.54) is 0 Å². The van der Waals surface area contributed by atoms with E-state index in [-0.39, 0.29) is 18.3 Å². The number of aliphatic hydroxyl groups is 1. The number of nitrogens with one attached hydrogen (secondary N) is 1. The Balaban J connectivity index is 0.00000484. The second kappa shape index (κ2) is 10.2. The van der Waals surface area contributed by atoms with Gasteiger partial charge in [-0.15, -0.1) is 12.4 Å². The first kappa shape index (κ1) is 21.4. The molecule has 0 fully saturated rings. The van der Waals surface area contributed by atoms with Crippen molar-refractivity contribution in [2.24, 2.45) is 11.7 Å². The van der Waals surface area contributed by atoms with Gasteiger partial charge in [-0.05, 0) is 24.3 Å².